The van der Waals surface area contributed by atoms with Crippen molar-refractivity contribution in [2.45, 2.75) is 19.8 Å². The van der Waals surface area contributed by atoms with Crippen LogP contribution in [0.2, 0.25) is 0 Å². The summed E-state index contributed by atoms with van der Waals surface area (Å²) in [6.45, 7) is 2.77. The van der Waals surface area contributed by atoms with Crippen molar-refractivity contribution in [3.63, 3.8) is 0 Å². The van der Waals surface area contributed by atoms with E-state index in [1.54, 1.807) is 0 Å². The molecule has 0 saturated carbocycles. The van der Waals surface area contributed by atoms with Gasteiger partial charge in [-0.25, -0.2) is 0 Å². The highest BCUT2D eigenvalue weighted by atomic mass is 16.1. The molecule has 12 heavy (non-hydrogen) atoms. The number of carbonyl (C=O) groups excluding carboxylic acids is 1. The highest BCUT2D eigenvalue weighted by molar-refractivity contribution is 5.91. The molecule has 0 radical (unpaired) electrons. The summed E-state index contributed by atoms with van der Waals surface area (Å²) in [5.74, 6) is -0.169. The second kappa shape index (κ2) is 4.48. The van der Waals surface area contributed by atoms with E-state index in [2.05, 4.69) is 27.7 Å². The quantitative estimate of drug-likeness (QED) is 0.636. The van der Waals surface area contributed by atoms with Crippen LogP contribution >= 0.6 is 0 Å². The van der Waals surface area contributed by atoms with Crippen LogP contribution in [0.5, 0.6) is 0 Å². The Bertz CT molecular complexity index is 232. The zero-order valence-corrected chi connectivity index (χ0v) is 7.00. The molecule has 0 unspecified atom stereocenters. The number of hydrogen-bond donors (Lipinski definition) is 2. The Labute approximate surface area is 70.6 Å². The summed E-state index contributed by atoms with van der Waals surface area (Å²) in [4.78, 5) is 11.1. The normalized spacial score (nSPS) is 9.75. The molecule has 0 aliphatic heterocycles. The lowest BCUT2D eigenvalue weighted by Gasteiger charge is -1.99. The van der Waals surface area contributed by atoms with Crippen LogP contribution in [-0.4, -0.2) is 27.9 Å². The lowest BCUT2D eigenvalue weighted by molar-refractivity contribution is 0.0948. The van der Waals surface area contributed by atoms with Crippen LogP contribution in [-0.2, 0) is 0 Å². The predicted molar refractivity (Wildman–Crippen MR) is 43.6 cm³/mol. The average Bonchev–Trinajstić information content (AvgIpc) is 2.56. The van der Waals surface area contributed by atoms with Crippen molar-refractivity contribution >= 4 is 5.91 Å². The van der Waals surface area contributed by atoms with E-state index < -0.39 is 0 Å². The number of unbranched alkanes of at least 4 members (excludes halogenated alkanes) is 1. The zero-order chi connectivity index (χ0) is 8.81. The van der Waals surface area contributed by atoms with E-state index in [0.29, 0.717) is 12.2 Å². The summed E-state index contributed by atoms with van der Waals surface area (Å²) in [5.41, 5.74) is 0.339. The first-order chi connectivity index (χ1) is 5.84. The van der Waals surface area contributed by atoms with E-state index in [4.69, 9.17) is 0 Å². The summed E-state index contributed by atoms with van der Waals surface area (Å²) >= 11 is 0. The summed E-state index contributed by atoms with van der Waals surface area (Å²) in [6, 6.07) is 0. The minimum Gasteiger partial charge on any atom is -0.351 e. The molecule has 5 heteroatoms. The Morgan fingerprint density at radius 3 is 3.17 bits per heavy atom. The Balaban J connectivity index is 2.30. The summed E-state index contributed by atoms with van der Waals surface area (Å²) in [7, 11) is 0. The largest absolute Gasteiger partial charge is 0.351 e. The molecule has 1 aromatic rings. The fourth-order valence-electron chi connectivity index (χ4n) is 0.780. The number of hydrogen-bond acceptors (Lipinski definition) is 3. The van der Waals surface area contributed by atoms with Crippen molar-refractivity contribution in [1.29, 1.82) is 0 Å². The van der Waals surface area contributed by atoms with Gasteiger partial charge in [-0.05, 0) is 6.42 Å². The summed E-state index contributed by atoms with van der Waals surface area (Å²) < 4.78 is 0. The van der Waals surface area contributed by atoms with E-state index in [0.717, 1.165) is 12.8 Å². The van der Waals surface area contributed by atoms with E-state index >= 15 is 0 Å². The Hall–Kier alpha value is -1.39. The van der Waals surface area contributed by atoms with Crippen molar-refractivity contribution in [2.75, 3.05) is 6.54 Å². The van der Waals surface area contributed by atoms with Gasteiger partial charge in [-0.3, -0.25) is 4.79 Å². The Morgan fingerprint density at radius 2 is 2.58 bits per heavy atom. The molecular formula is C7H12N4O. The molecule has 2 N–H and O–H groups in total. The minimum atomic E-state index is -0.169. The molecule has 0 saturated heterocycles. The lowest BCUT2D eigenvalue weighted by atomic mass is 10.3. The number of aromatic amines is 1. The zero-order valence-electron chi connectivity index (χ0n) is 7.00. The third kappa shape index (κ3) is 2.34. The van der Waals surface area contributed by atoms with E-state index in [-0.39, 0.29) is 5.91 Å². The van der Waals surface area contributed by atoms with Gasteiger partial charge in [-0.1, -0.05) is 13.3 Å². The van der Waals surface area contributed by atoms with E-state index in [1.165, 1.54) is 6.20 Å². The van der Waals surface area contributed by atoms with E-state index in [9.17, 15) is 4.79 Å². The maximum Gasteiger partial charge on any atom is 0.273 e. The monoisotopic (exact) mass is 168 g/mol. The molecule has 0 atom stereocenters. The first-order valence-corrected chi connectivity index (χ1v) is 3.98. The SMILES string of the molecule is CCCCNC(=O)c1cn[nH]n1. The molecule has 0 bridgehead atoms. The number of nitrogens with one attached hydrogen (secondary N) is 2. The van der Waals surface area contributed by atoms with E-state index in [1.807, 2.05) is 0 Å². The van der Waals surface area contributed by atoms with Crippen LogP contribution < -0.4 is 5.32 Å². The van der Waals surface area contributed by atoms with Crippen molar-refractivity contribution in [3.8, 4) is 0 Å². The molecule has 0 fully saturated rings. The van der Waals surface area contributed by atoms with Gasteiger partial charge >= 0.3 is 0 Å². The minimum absolute atomic E-state index is 0.169. The van der Waals surface area contributed by atoms with Gasteiger partial charge < -0.3 is 5.32 Å². The van der Waals surface area contributed by atoms with Crippen molar-refractivity contribution in [1.82, 2.24) is 20.7 Å². The fourth-order valence-corrected chi connectivity index (χ4v) is 0.780. The molecule has 1 rings (SSSR count). The molecule has 0 aliphatic carbocycles. The predicted octanol–water partition coefficient (Wildman–Crippen LogP) is 0.335. The number of nitrogens with zero attached hydrogens (tertiary/aromatic N) is 2. The molecule has 0 aromatic carbocycles. The number of rotatable bonds is 4. The maximum absolute atomic E-state index is 11.1. The third-order valence-corrected chi connectivity index (χ3v) is 1.46. The molecular weight excluding hydrogens is 156 g/mol. The molecule has 1 heterocycles. The van der Waals surface area contributed by atoms with Gasteiger partial charge in [-0.2, -0.15) is 15.4 Å². The van der Waals surface area contributed by atoms with Crippen molar-refractivity contribution < 1.29 is 4.79 Å². The number of carbonyl (C=O) groups is 1. The van der Waals surface area contributed by atoms with Gasteiger partial charge in [0, 0.05) is 6.54 Å². The Kier molecular flexibility index (Phi) is 3.25. The lowest BCUT2D eigenvalue weighted by Crippen LogP contribution is -2.24. The van der Waals surface area contributed by atoms with Crippen LogP contribution in [0, 0.1) is 0 Å². The topological polar surface area (TPSA) is 70.7 Å². The first kappa shape index (κ1) is 8.70. The summed E-state index contributed by atoms with van der Waals surface area (Å²) in [5, 5.41) is 12.3. The van der Waals surface area contributed by atoms with Crippen LogP contribution in [0.25, 0.3) is 0 Å². The first-order valence-electron chi connectivity index (χ1n) is 3.98. The van der Waals surface area contributed by atoms with Crippen molar-refractivity contribution in [3.05, 3.63) is 11.9 Å². The maximum atomic E-state index is 11.1. The van der Waals surface area contributed by atoms with Gasteiger partial charge in [0.25, 0.3) is 5.91 Å². The van der Waals surface area contributed by atoms with Crippen LogP contribution in [0.15, 0.2) is 6.20 Å². The molecule has 0 aliphatic rings. The molecule has 0 spiro atoms. The highest BCUT2D eigenvalue weighted by Crippen LogP contribution is 1.89. The smallest absolute Gasteiger partial charge is 0.273 e. The second-order valence-corrected chi connectivity index (χ2v) is 2.46. The van der Waals surface area contributed by atoms with Crippen molar-refractivity contribution in [2.24, 2.45) is 0 Å². The van der Waals surface area contributed by atoms with Crippen LogP contribution in [0.3, 0.4) is 0 Å². The summed E-state index contributed by atoms with van der Waals surface area (Å²) in [6.07, 6.45) is 3.46. The van der Waals surface area contributed by atoms with Gasteiger partial charge in [0.05, 0.1) is 6.20 Å². The van der Waals surface area contributed by atoms with Gasteiger partial charge in [0.2, 0.25) is 0 Å². The Morgan fingerprint density at radius 1 is 1.75 bits per heavy atom. The molecule has 5 nitrogen and oxygen atoms in total. The van der Waals surface area contributed by atoms with Gasteiger partial charge in [-0.15, -0.1) is 0 Å². The highest BCUT2D eigenvalue weighted by Gasteiger charge is 2.05. The van der Waals surface area contributed by atoms with Gasteiger partial charge in [0.1, 0.15) is 0 Å². The standard InChI is InChI=1S/C7H12N4O/c1-2-3-4-8-7(12)6-5-9-11-10-6/h5H,2-4H2,1H3,(H,8,12)(H,9,10,11). The van der Waals surface area contributed by atoms with Crippen LogP contribution in [0.4, 0.5) is 0 Å². The molecule has 66 valence electrons. The molecule has 1 aromatic heterocycles. The number of aromatic nitrogens is 3. The average molecular weight is 168 g/mol. The second-order valence-electron chi connectivity index (χ2n) is 2.46. The van der Waals surface area contributed by atoms with Crippen LogP contribution in [0.1, 0.15) is 30.3 Å². The number of H-pyrrole nitrogens is 1. The van der Waals surface area contributed by atoms with Gasteiger partial charge in [0.15, 0.2) is 5.69 Å². The number of amides is 1. The fraction of sp³-hybridized carbons (Fsp3) is 0.571. The third-order valence-electron chi connectivity index (χ3n) is 1.46. The molecule has 1 amide bonds.